The number of amides is 2. The molecule has 1 unspecified atom stereocenters. The van der Waals surface area contributed by atoms with Gasteiger partial charge >= 0.3 is 0 Å². The standard InChI is InChI=1S/C20H29N3O5/c1-26-16-10-14-5-8-23(13-15(14)11-17(16)27-2)19(24)4-3-6-22-20(25)18-12-21-7-9-28-18/h10-11,18,21H,3-9,12-13H2,1-2H3,(H,22,25). The molecular weight excluding hydrogens is 362 g/mol. The maximum absolute atomic E-state index is 12.6. The first-order valence-corrected chi connectivity index (χ1v) is 9.74. The number of rotatable bonds is 7. The zero-order valence-corrected chi connectivity index (χ0v) is 16.6. The number of hydrogen-bond acceptors (Lipinski definition) is 6. The van der Waals surface area contributed by atoms with Crippen LogP contribution in [0.4, 0.5) is 0 Å². The molecule has 2 aliphatic rings. The molecule has 0 aromatic heterocycles. The van der Waals surface area contributed by atoms with Crippen LogP contribution >= 0.6 is 0 Å². The van der Waals surface area contributed by atoms with E-state index in [9.17, 15) is 9.59 Å². The molecular formula is C20H29N3O5. The summed E-state index contributed by atoms with van der Waals surface area (Å²) in [4.78, 5) is 26.4. The minimum atomic E-state index is -0.435. The Hall–Kier alpha value is -2.32. The fourth-order valence-electron chi connectivity index (χ4n) is 3.55. The number of hydrogen-bond donors (Lipinski definition) is 2. The number of nitrogens with one attached hydrogen (secondary N) is 2. The van der Waals surface area contributed by atoms with Crippen LogP contribution in [0.2, 0.25) is 0 Å². The van der Waals surface area contributed by atoms with Crippen molar-refractivity contribution in [3.63, 3.8) is 0 Å². The molecule has 1 aromatic rings. The fraction of sp³-hybridized carbons (Fsp3) is 0.600. The van der Waals surface area contributed by atoms with Crippen molar-refractivity contribution in [3.05, 3.63) is 23.3 Å². The first-order valence-electron chi connectivity index (χ1n) is 9.74. The van der Waals surface area contributed by atoms with E-state index in [1.165, 1.54) is 5.56 Å². The fourth-order valence-corrected chi connectivity index (χ4v) is 3.55. The third kappa shape index (κ3) is 4.94. The monoisotopic (exact) mass is 391 g/mol. The van der Waals surface area contributed by atoms with Crippen molar-refractivity contribution in [1.29, 1.82) is 0 Å². The Labute approximate surface area is 165 Å². The molecule has 154 valence electrons. The van der Waals surface area contributed by atoms with Crippen LogP contribution in [0, 0.1) is 0 Å². The Kier molecular flexibility index (Phi) is 7.11. The third-order valence-electron chi connectivity index (χ3n) is 5.16. The average molecular weight is 391 g/mol. The minimum absolute atomic E-state index is 0.102. The third-order valence-corrected chi connectivity index (χ3v) is 5.16. The van der Waals surface area contributed by atoms with Gasteiger partial charge in [-0.15, -0.1) is 0 Å². The van der Waals surface area contributed by atoms with Crippen LogP contribution in [-0.4, -0.2) is 69.8 Å². The van der Waals surface area contributed by atoms with Gasteiger partial charge in [-0.1, -0.05) is 0 Å². The normalized spacial score (nSPS) is 18.9. The molecule has 0 radical (unpaired) electrons. The van der Waals surface area contributed by atoms with Gasteiger partial charge in [0, 0.05) is 39.1 Å². The lowest BCUT2D eigenvalue weighted by Crippen LogP contribution is -2.48. The van der Waals surface area contributed by atoms with Gasteiger partial charge in [0.1, 0.15) is 6.10 Å². The summed E-state index contributed by atoms with van der Waals surface area (Å²) in [6.45, 7) is 3.59. The largest absolute Gasteiger partial charge is 0.493 e. The molecule has 2 heterocycles. The molecule has 8 nitrogen and oxygen atoms in total. The Morgan fingerprint density at radius 2 is 2.00 bits per heavy atom. The van der Waals surface area contributed by atoms with Crippen molar-refractivity contribution in [2.45, 2.75) is 31.9 Å². The number of benzene rings is 1. The highest BCUT2D eigenvalue weighted by atomic mass is 16.5. The minimum Gasteiger partial charge on any atom is -0.493 e. The Bertz CT molecular complexity index is 703. The molecule has 1 aromatic carbocycles. The van der Waals surface area contributed by atoms with E-state index < -0.39 is 6.10 Å². The number of carbonyl (C=O) groups excluding carboxylic acids is 2. The van der Waals surface area contributed by atoms with Crippen molar-refractivity contribution in [3.8, 4) is 11.5 Å². The van der Waals surface area contributed by atoms with Crippen LogP contribution in [0.5, 0.6) is 11.5 Å². The molecule has 28 heavy (non-hydrogen) atoms. The van der Waals surface area contributed by atoms with Crippen LogP contribution in [0.25, 0.3) is 0 Å². The molecule has 2 amide bonds. The topological polar surface area (TPSA) is 89.1 Å². The molecule has 1 saturated heterocycles. The highest BCUT2D eigenvalue weighted by Gasteiger charge is 2.23. The lowest BCUT2D eigenvalue weighted by atomic mass is 9.98. The van der Waals surface area contributed by atoms with Crippen molar-refractivity contribution in [1.82, 2.24) is 15.5 Å². The summed E-state index contributed by atoms with van der Waals surface area (Å²) >= 11 is 0. The molecule has 0 saturated carbocycles. The molecule has 3 rings (SSSR count). The van der Waals surface area contributed by atoms with Gasteiger partial charge in [0.05, 0.1) is 20.8 Å². The number of nitrogens with zero attached hydrogens (tertiary/aromatic N) is 1. The summed E-state index contributed by atoms with van der Waals surface area (Å²) in [5.41, 5.74) is 2.28. The number of ether oxygens (including phenoxy) is 3. The van der Waals surface area contributed by atoms with E-state index in [0.717, 1.165) is 18.5 Å². The van der Waals surface area contributed by atoms with Crippen molar-refractivity contribution < 1.29 is 23.8 Å². The van der Waals surface area contributed by atoms with Crippen LogP contribution < -0.4 is 20.1 Å². The number of fused-ring (bicyclic) bond motifs is 1. The second-order valence-corrected chi connectivity index (χ2v) is 7.00. The van der Waals surface area contributed by atoms with Gasteiger partial charge in [-0.2, -0.15) is 0 Å². The number of methoxy groups -OCH3 is 2. The highest BCUT2D eigenvalue weighted by molar-refractivity contribution is 5.81. The molecule has 0 spiro atoms. The summed E-state index contributed by atoms with van der Waals surface area (Å²) in [5, 5.41) is 5.98. The SMILES string of the molecule is COc1cc2c(cc1OC)CN(C(=O)CCCNC(=O)C1CNCCO1)CC2. The van der Waals surface area contributed by atoms with E-state index in [4.69, 9.17) is 14.2 Å². The van der Waals surface area contributed by atoms with Crippen molar-refractivity contribution in [2.24, 2.45) is 0 Å². The quantitative estimate of drug-likeness (QED) is 0.657. The van der Waals surface area contributed by atoms with Gasteiger partial charge in [0.25, 0.3) is 0 Å². The average Bonchev–Trinajstić information content (AvgIpc) is 2.75. The predicted octanol–water partition coefficient (Wildman–Crippen LogP) is 0.473. The van der Waals surface area contributed by atoms with Crippen LogP contribution in [0.15, 0.2) is 12.1 Å². The van der Waals surface area contributed by atoms with Crippen molar-refractivity contribution in [2.75, 3.05) is 47.0 Å². The van der Waals surface area contributed by atoms with E-state index >= 15 is 0 Å². The van der Waals surface area contributed by atoms with Gasteiger partial charge in [0.2, 0.25) is 11.8 Å². The predicted molar refractivity (Wildman–Crippen MR) is 104 cm³/mol. The molecule has 0 bridgehead atoms. The van der Waals surface area contributed by atoms with E-state index in [1.807, 2.05) is 17.0 Å². The Balaban J connectivity index is 1.45. The summed E-state index contributed by atoms with van der Waals surface area (Å²) < 4.78 is 16.1. The smallest absolute Gasteiger partial charge is 0.250 e. The number of carbonyl (C=O) groups is 2. The lowest BCUT2D eigenvalue weighted by molar-refractivity contribution is -0.135. The van der Waals surface area contributed by atoms with Gasteiger partial charge in [-0.3, -0.25) is 9.59 Å². The molecule has 2 N–H and O–H groups in total. The van der Waals surface area contributed by atoms with Crippen LogP contribution in [0.1, 0.15) is 24.0 Å². The molecule has 1 fully saturated rings. The summed E-state index contributed by atoms with van der Waals surface area (Å²) in [6, 6.07) is 3.94. The van der Waals surface area contributed by atoms with Gasteiger partial charge < -0.3 is 29.7 Å². The summed E-state index contributed by atoms with van der Waals surface area (Å²) in [7, 11) is 3.23. The first kappa shape index (κ1) is 20.4. The Morgan fingerprint density at radius 3 is 2.68 bits per heavy atom. The molecule has 1 atom stereocenters. The lowest BCUT2D eigenvalue weighted by Gasteiger charge is -2.30. The van der Waals surface area contributed by atoms with E-state index in [2.05, 4.69) is 10.6 Å². The van der Waals surface area contributed by atoms with Crippen LogP contribution in [-0.2, 0) is 27.3 Å². The van der Waals surface area contributed by atoms with Crippen LogP contribution in [0.3, 0.4) is 0 Å². The molecule has 2 aliphatic heterocycles. The zero-order chi connectivity index (χ0) is 19.9. The van der Waals surface area contributed by atoms with Gasteiger partial charge in [-0.05, 0) is 36.1 Å². The van der Waals surface area contributed by atoms with Crippen molar-refractivity contribution >= 4 is 11.8 Å². The van der Waals surface area contributed by atoms with E-state index in [1.54, 1.807) is 14.2 Å². The van der Waals surface area contributed by atoms with E-state index in [0.29, 0.717) is 57.1 Å². The Morgan fingerprint density at radius 1 is 1.25 bits per heavy atom. The van der Waals surface area contributed by atoms with Gasteiger partial charge in [-0.25, -0.2) is 0 Å². The maximum Gasteiger partial charge on any atom is 0.250 e. The highest BCUT2D eigenvalue weighted by Crippen LogP contribution is 2.33. The second-order valence-electron chi connectivity index (χ2n) is 7.00. The maximum atomic E-state index is 12.6. The molecule has 0 aliphatic carbocycles. The second kappa shape index (κ2) is 9.75. The summed E-state index contributed by atoms with van der Waals surface area (Å²) in [6.07, 6.45) is 1.38. The van der Waals surface area contributed by atoms with Gasteiger partial charge in [0.15, 0.2) is 11.5 Å². The zero-order valence-electron chi connectivity index (χ0n) is 16.6. The van der Waals surface area contributed by atoms with E-state index in [-0.39, 0.29) is 11.8 Å². The first-order chi connectivity index (χ1) is 13.6. The summed E-state index contributed by atoms with van der Waals surface area (Å²) in [5.74, 6) is 1.38. The number of morpholine rings is 1. The molecule has 8 heteroatoms.